The second kappa shape index (κ2) is 6.47. The van der Waals surface area contributed by atoms with Gasteiger partial charge in [0.1, 0.15) is 5.75 Å². The van der Waals surface area contributed by atoms with Gasteiger partial charge in [0, 0.05) is 10.9 Å². The number of hydrogen-bond donors (Lipinski definition) is 3. The number of ether oxygens (including phenoxy) is 1. The molecule has 2 aromatic rings. The maximum Gasteiger partial charge on any atom is 0.438 e. The number of rotatable bonds is 3. The molecule has 0 radical (unpaired) electrons. The summed E-state index contributed by atoms with van der Waals surface area (Å²) in [5.41, 5.74) is -6.05. The molecular formula is C15H13F6N3O3S. The molecule has 0 aliphatic carbocycles. The van der Waals surface area contributed by atoms with Crippen molar-refractivity contribution in [3.8, 4) is 17.0 Å². The van der Waals surface area contributed by atoms with Crippen LogP contribution in [0, 0.1) is 0 Å². The predicted molar refractivity (Wildman–Crippen MR) is 86.3 cm³/mol. The molecule has 3 rings (SSSR count). The van der Waals surface area contributed by atoms with E-state index in [0.717, 1.165) is 0 Å². The summed E-state index contributed by atoms with van der Waals surface area (Å²) in [4.78, 5) is 3.88. The second-order valence-corrected chi connectivity index (χ2v) is 6.88. The Morgan fingerprint density at radius 1 is 1.11 bits per heavy atom. The quantitative estimate of drug-likeness (QED) is 0.652. The van der Waals surface area contributed by atoms with Gasteiger partial charge in [0.25, 0.3) is 5.72 Å². The van der Waals surface area contributed by atoms with Gasteiger partial charge in [-0.25, -0.2) is 9.99 Å². The molecule has 1 aromatic heterocycles. The molecule has 1 aromatic carbocycles. The van der Waals surface area contributed by atoms with Crippen molar-refractivity contribution < 1.29 is 41.3 Å². The van der Waals surface area contributed by atoms with E-state index in [-0.39, 0.29) is 10.7 Å². The minimum absolute atomic E-state index is 0.163. The monoisotopic (exact) mass is 429 g/mol. The van der Waals surface area contributed by atoms with Gasteiger partial charge in [0.2, 0.25) is 10.9 Å². The van der Waals surface area contributed by atoms with E-state index >= 15 is 0 Å². The van der Waals surface area contributed by atoms with Gasteiger partial charge >= 0.3 is 12.4 Å². The molecule has 2 heterocycles. The van der Waals surface area contributed by atoms with Crippen LogP contribution < -0.4 is 15.2 Å². The van der Waals surface area contributed by atoms with Gasteiger partial charge in [-0.3, -0.25) is 0 Å². The van der Waals surface area contributed by atoms with Crippen LogP contribution in [-0.4, -0.2) is 46.1 Å². The zero-order valence-electron chi connectivity index (χ0n) is 14.0. The molecule has 0 saturated carbocycles. The molecule has 1 saturated heterocycles. The van der Waals surface area contributed by atoms with Crippen LogP contribution in [0.5, 0.6) is 5.75 Å². The number of nitrogens with zero attached hydrogens (tertiary/aromatic N) is 2. The van der Waals surface area contributed by atoms with Crippen LogP contribution in [0.15, 0.2) is 29.6 Å². The summed E-state index contributed by atoms with van der Waals surface area (Å²) in [7, 11) is 1.44. The SMILES string of the molecule is COc1ccc(-c2csc(N3N[C@](O)(C(F)(F)F)C[C@@]3(O)C(F)(F)F)n2)cc1. The lowest BCUT2D eigenvalue weighted by atomic mass is 10.0. The minimum Gasteiger partial charge on any atom is -0.497 e. The standard InChI is InChI=1S/C15H13F6N3O3S/c1-27-9-4-2-8(3-5-9)10-6-28-11(22-10)24-13(26,15(19,20)21)7-12(25,23-24)14(16,17)18/h2-6,23,25-26H,7H2,1H3/t12-,13-/m1/s1. The molecular weight excluding hydrogens is 416 g/mol. The van der Waals surface area contributed by atoms with Crippen LogP contribution >= 0.6 is 11.3 Å². The van der Waals surface area contributed by atoms with E-state index in [0.29, 0.717) is 22.6 Å². The first-order valence-corrected chi connectivity index (χ1v) is 8.45. The third kappa shape index (κ3) is 3.27. The maximum absolute atomic E-state index is 13.4. The number of benzene rings is 1. The Morgan fingerprint density at radius 2 is 1.71 bits per heavy atom. The van der Waals surface area contributed by atoms with Crippen molar-refractivity contribution in [2.45, 2.75) is 30.2 Å². The molecule has 0 spiro atoms. The molecule has 2 atom stereocenters. The number of nitrogens with one attached hydrogen (secondary N) is 1. The van der Waals surface area contributed by atoms with E-state index < -0.39 is 35.4 Å². The van der Waals surface area contributed by atoms with Crippen molar-refractivity contribution in [3.63, 3.8) is 0 Å². The van der Waals surface area contributed by atoms with Crippen LogP contribution in [0.25, 0.3) is 11.3 Å². The number of aromatic nitrogens is 1. The largest absolute Gasteiger partial charge is 0.497 e. The molecule has 1 aliphatic rings. The van der Waals surface area contributed by atoms with E-state index in [1.807, 2.05) is 0 Å². The number of halogens is 6. The molecule has 6 nitrogen and oxygen atoms in total. The lowest BCUT2D eigenvalue weighted by Crippen LogP contribution is -2.59. The van der Waals surface area contributed by atoms with Gasteiger partial charge in [-0.2, -0.15) is 31.8 Å². The number of thiazole rings is 1. The molecule has 3 N–H and O–H groups in total. The van der Waals surface area contributed by atoms with E-state index in [9.17, 15) is 36.6 Å². The first-order chi connectivity index (χ1) is 12.8. The molecule has 154 valence electrons. The number of aliphatic hydroxyl groups is 2. The van der Waals surface area contributed by atoms with Crippen molar-refractivity contribution in [2.75, 3.05) is 12.1 Å². The zero-order chi connectivity index (χ0) is 21.0. The Bertz CT molecular complexity index is 856. The van der Waals surface area contributed by atoms with Gasteiger partial charge in [-0.1, -0.05) is 0 Å². The fourth-order valence-corrected chi connectivity index (χ4v) is 3.47. The highest BCUT2D eigenvalue weighted by Crippen LogP contribution is 2.49. The first-order valence-electron chi connectivity index (χ1n) is 7.57. The minimum atomic E-state index is -5.51. The summed E-state index contributed by atoms with van der Waals surface area (Å²) < 4.78 is 84.3. The molecule has 1 aliphatic heterocycles. The van der Waals surface area contributed by atoms with E-state index in [1.165, 1.54) is 17.9 Å². The van der Waals surface area contributed by atoms with Crippen LogP contribution in [0.4, 0.5) is 31.5 Å². The van der Waals surface area contributed by atoms with Gasteiger partial charge in [-0.15, -0.1) is 11.3 Å². The van der Waals surface area contributed by atoms with Crippen LogP contribution in [0.3, 0.4) is 0 Å². The summed E-state index contributed by atoms with van der Waals surface area (Å²) in [5.74, 6) is 0.516. The van der Waals surface area contributed by atoms with Crippen LogP contribution in [0.2, 0.25) is 0 Å². The van der Waals surface area contributed by atoms with E-state index in [1.54, 1.807) is 24.3 Å². The Hall–Kier alpha value is -2.09. The number of alkyl halides is 6. The highest BCUT2D eigenvalue weighted by atomic mass is 32.1. The van der Waals surface area contributed by atoms with E-state index in [2.05, 4.69) is 4.98 Å². The molecule has 28 heavy (non-hydrogen) atoms. The molecule has 1 fully saturated rings. The Morgan fingerprint density at radius 3 is 2.21 bits per heavy atom. The lowest BCUT2D eigenvalue weighted by Gasteiger charge is -2.33. The molecule has 0 amide bonds. The average Bonchev–Trinajstić information content (AvgIpc) is 3.17. The number of hydrazine groups is 1. The van der Waals surface area contributed by atoms with Crippen molar-refractivity contribution >= 4 is 16.5 Å². The van der Waals surface area contributed by atoms with Crippen LogP contribution in [0.1, 0.15) is 6.42 Å². The predicted octanol–water partition coefficient (Wildman–Crippen LogP) is 3.04. The highest BCUT2D eigenvalue weighted by molar-refractivity contribution is 7.14. The zero-order valence-corrected chi connectivity index (χ0v) is 14.8. The number of anilines is 1. The Balaban J connectivity index is 1.99. The number of methoxy groups -OCH3 is 1. The normalized spacial score (nSPS) is 26.0. The van der Waals surface area contributed by atoms with E-state index in [4.69, 9.17) is 4.74 Å². The van der Waals surface area contributed by atoms with Crippen LogP contribution in [-0.2, 0) is 0 Å². The fraction of sp³-hybridized carbons (Fsp3) is 0.400. The summed E-state index contributed by atoms with van der Waals surface area (Å²) in [6.45, 7) is 0. The first kappa shape index (κ1) is 20.6. The Labute approximate surface area is 158 Å². The third-order valence-electron chi connectivity index (χ3n) is 4.16. The summed E-state index contributed by atoms with van der Waals surface area (Å²) in [6.07, 6.45) is -13.1. The Kier molecular flexibility index (Phi) is 4.77. The summed E-state index contributed by atoms with van der Waals surface area (Å²) in [5, 5.41) is 20.2. The van der Waals surface area contributed by atoms with Crippen molar-refractivity contribution in [2.24, 2.45) is 0 Å². The molecule has 0 bridgehead atoms. The maximum atomic E-state index is 13.4. The van der Waals surface area contributed by atoms with Crippen molar-refractivity contribution in [1.82, 2.24) is 10.4 Å². The average molecular weight is 429 g/mol. The smallest absolute Gasteiger partial charge is 0.438 e. The van der Waals surface area contributed by atoms with Gasteiger partial charge < -0.3 is 14.9 Å². The lowest BCUT2D eigenvalue weighted by molar-refractivity contribution is -0.291. The second-order valence-electron chi connectivity index (χ2n) is 6.04. The van der Waals surface area contributed by atoms with Gasteiger partial charge in [0.15, 0.2) is 0 Å². The van der Waals surface area contributed by atoms with Gasteiger partial charge in [-0.05, 0) is 24.3 Å². The number of hydrogen-bond acceptors (Lipinski definition) is 7. The fourth-order valence-electron chi connectivity index (χ4n) is 2.61. The molecule has 0 unspecified atom stereocenters. The summed E-state index contributed by atoms with van der Waals surface area (Å²) in [6, 6.07) is 6.24. The highest BCUT2D eigenvalue weighted by Gasteiger charge is 2.73. The topological polar surface area (TPSA) is 77.9 Å². The summed E-state index contributed by atoms with van der Waals surface area (Å²) >= 11 is 0.564. The van der Waals surface area contributed by atoms with Crippen molar-refractivity contribution in [3.05, 3.63) is 29.6 Å². The third-order valence-corrected chi connectivity index (χ3v) is 4.99. The van der Waals surface area contributed by atoms with Gasteiger partial charge in [0.05, 0.1) is 19.2 Å². The van der Waals surface area contributed by atoms with Crippen molar-refractivity contribution in [1.29, 1.82) is 0 Å². The molecule has 13 heteroatoms.